The summed E-state index contributed by atoms with van der Waals surface area (Å²) in [5.41, 5.74) is 2.86. The van der Waals surface area contributed by atoms with E-state index in [-0.39, 0.29) is 27.9 Å². The molecule has 3 aromatic carbocycles. The van der Waals surface area contributed by atoms with Crippen molar-refractivity contribution in [2.75, 3.05) is 5.01 Å². The van der Waals surface area contributed by atoms with Crippen molar-refractivity contribution in [1.29, 1.82) is 0 Å². The number of nitrogens with zero attached hydrogens (tertiary/aromatic N) is 2. The number of amides is 1. The van der Waals surface area contributed by atoms with Crippen molar-refractivity contribution in [3.8, 4) is 0 Å². The van der Waals surface area contributed by atoms with Crippen molar-refractivity contribution in [2.45, 2.75) is 29.6 Å². The van der Waals surface area contributed by atoms with E-state index in [0.717, 1.165) is 11.1 Å². The number of rotatable bonds is 4. The van der Waals surface area contributed by atoms with Crippen molar-refractivity contribution in [3.05, 3.63) is 89.7 Å². The number of hydrogen-bond acceptors (Lipinski definition) is 4. The lowest BCUT2D eigenvalue weighted by atomic mass is 10.0. The van der Waals surface area contributed by atoms with Gasteiger partial charge in [0.1, 0.15) is 5.82 Å². The molecular weight excluding hydrogens is 403 g/mol. The van der Waals surface area contributed by atoms with Crippen molar-refractivity contribution in [3.63, 3.8) is 0 Å². The summed E-state index contributed by atoms with van der Waals surface area (Å²) >= 11 is 0. The summed E-state index contributed by atoms with van der Waals surface area (Å²) in [7, 11) is -3.65. The Balaban J connectivity index is 1.64. The molecule has 1 heterocycles. The first-order valence-electron chi connectivity index (χ1n) is 9.43. The van der Waals surface area contributed by atoms with Crippen molar-refractivity contribution >= 4 is 27.1 Å². The van der Waals surface area contributed by atoms with Crippen LogP contribution in [0.1, 0.15) is 24.0 Å². The molecule has 7 heteroatoms. The van der Waals surface area contributed by atoms with Gasteiger partial charge in [-0.15, -0.1) is 0 Å². The highest BCUT2D eigenvalue weighted by molar-refractivity contribution is 7.91. The molecule has 152 valence electrons. The molecule has 0 N–H and O–H groups in total. The van der Waals surface area contributed by atoms with Gasteiger partial charge >= 0.3 is 0 Å². The number of benzene rings is 3. The highest BCUT2D eigenvalue weighted by atomic mass is 32.2. The third kappa shape index (κ3) is 3.89. The zero-order valence-corrected chi connectivity index (χ0v) is 17.1. The van der Waals surface area contributed by atoms with Gasteiger partial charge in [-0.2, -0.15) is 5.10 Å². The highest BCUT2D eigenvalue weighted by Crippen LogP contribution is 2.27. The molecule has 0 atom stereocenters. The predicted octanol–water partition coefficient (Wildman–Crippen LogP) is 4.50. The fourth-order valence-corrected chi connectivity index (χ4v) is 4.48. The van der Waals surface area contributed by atoms with Crippen molar-refractivity contribution in [1.82, 2.24) is 0 Å². The molecule has 0 saturated carbocycles. The Hall–Kier alpha value is -3.32. The Morgan fingerprint density at radius 3 is 2.00 bits per heavy atom. The van der Waals surface area contributed by atoms with Crippen LogP contribution in [0.2, 0.25) is 0 Å². The molecule has 1 amide bonds. The molecule has 0 bridgehead atoms. The fraction of sp³-hybridized carbons (Fsp3) is 0.130. The number of hydrazone groups is 1. The summed E-state index contributed by atoms with van der Waals surface area (Å²) in [6.45, 7) is 1.89. The Labute approximate surface area is 174 Å². The fourth-order valence-electron chi connectivity index (χ4n) is 3.22. The predicted molar refractivity (Wildman–Crippen MR) is 113 cm³/mol. The van der Waals surface area contributed by atoms with Gasteiger partial charge in [-0.1, -0.05) is 29.8 Å². The molecule has 0 spiro atoms. The molecule has 1 aliphatic rings. The highest BCUT2D eigenvalue weighted by Gasteiger charge is 2.24. The van der Waals surface area contributed by atoms with E-state index in [9.17, 15) is 17.6 Å². The van der Waals surface area contributed by atoms with E-state index in [1.54, 1.807) is 48.5 Å². The Bertz CT molecular complexity index is 1220. The smallest absolute Gasteiger partial charge is 0.247 e. The number of halogens is 1. The first-order valence-corrected chi connectivity index (χ1v) is 10.9. The molecule has 0 radical (unpaired) electrons. The molecule has 0 aliphatic carbocycles. The zero-order chi connectivity index (χ0) is 21.3. The van der Waals surface area contributed by atoms with Crippen LogP contribution in [0.15, 0.2) is 87.7 Å². The van der Waals surface area contributed by atoms with E-state index >= 15 is 0 Å². The second-order valence-corrected chi connectivity index (χ2v) is 9.02. The second-order valence-electron chi connectivity index (χ2n) is 7.07. The van der Waals surface area contributed by atoms with Crippen LogP contribution in [0.25, 0.3) is 0 Å². The molecule has 30 heavy (non-hydrogen) atoms. The summed E-state index contributed by atoms with van der Waals surface area (Å²) in [5, 5.41) is 5.69. The molecular formula is C23H19FN2O3S. The van der Waals surface area contributed by atoms with Crippen LogP contribution in [0, 0.1) is 12.7 Å². The number of carbonyl (C=O) groups excluding carboxylic acids is 1. The standard InChI is InChI=1S/C23H19FN2O3S/c1-16-2-10-20(11-3-16)30(28,29)21-12-8-19(9-13-21)26-23(27)15-14-22(25-26)17-4-6-18(24)7-5-17/h2-13H,14-15H2,1H3. The van der Waals surface area contributed by atoms with Gasteiger partial charge in [0.15, 0.2) is 0 Å². The molecule has 0 unspecified atom stereocenters. The normalized spacial score (nSPS) is 14.5. The quantitative estimate of drug-likeness (QED) is 0.622. The lowest BCUT2D eigenvalue weighted by molar-refractivity contribution is -0.118. The third-order valence-corrected chi connectivity index (χ3v) is 6.72. The first kappa shape index (κ1) is 20.0. The van der Waals surface area contributed by atoms with Gasteiger partial charge in [0.2, 0.25) is 15.7 Å². The molecule has 1 aliphatic heterocycles. The van der Waals surface area contributed by atoms with Gasteiger partial charge in [0.25, 0.3) is 0 Å². The number of aryl methyl sites for hydroxylation is 1. The van der Waals surface area contributed by atoms with Crippen LogP contribution in [-0.4, -0.2) is 20.0 Å². The first-order chi connectivity index (χ1) is 14.3. The third-order valence-electron chi connectivity index (χ3n) is 4.93. The topological polar surface area (TPSA) is 66.8 Å². The van der Waals surface area contributed by atoms with Crippen LogP contribution < -0.4 is 5.01 Å². The van der Waals surface area contributed by atoms with Gasteiger partial charge < -0.3 is 0 Å². The maximum absolute atomic E-state index is 13.2. The minimum atomic E-state index is -3.65. The zero-order valence-electron chi connectivity index (χ0n) is 16.2. The van der Waals surface area contributed by atoms with Crippen LogP contribution in [0.4, 0.5) is 10.1 Å². The van der Waals surface area contributed by atoms with E-state index in [1.165, 1.54) is 29.3 Å². The summed E-state index contributed by atoms with van der Waals surface area (Å²) in [5.74, 6) is -0.525. The van der Waals surface area contributed by atoms with E-state index in [2.05, 4.69) is 5.10 Å². The van der Waals surface area contributed by atoms with Gasteiger partial charge in [-0.3, -0.25) is 4.79 Å². The molecule has 0 saturated heterocycles. The molecule has 0 aromatic heterocycles. The summed E-state index contributed by atoms with van der Waals surface area (Å²) in [4.78, 5) is 12.8. The van der Waals surface area contributed by atoms with Crippen LogP contribution in [0.5, 0.6) is 0 Å². The van der Waals surface area contributed by atoms with E-state index in [4.69, 9.17) is 0 Å². The van der Waals surface area contributed by atoms with Gasteiger partial charge in [0, 0.05) is 12.8 Å². The lowest BCUT2D eigenvalue weighted by Gasteiger charge is -2.24. The SMILES string of the molecule is Cc1ccc(S(=O)(=O)c2ccc(N3N=C(c4ccc(F)cc4)CCC3=O)cc2)cc1. The second kappa shape index (κ2) is 7.84. The van der Waals surface area contributed by atoms with E-state index < -0.39 is 9.84 Å². The summed E-state index contributed by atoms with van der Waals surface area (Å²) in [6.07, 6.45) is 0.723. The number of sulfone groups is 1. The van der Waals surface area contributed by atoms with Crippen LogP contribution in [-0.2, 0) is 14.6 Å². The maximum Gasteiger partial charge on any atom is 0.247 e. The van der Waals surface area contributed by atoms with E-state index in [1.807, 2.05) is 6.92 Å². The average Bonchev–Trinajstić information content (AvgIpc) is 2.75. The summed E-state index contributed by atoms with van der Waals surface area (Å²) < 4.78 is 38.8. The van der Waals surface area contributed by atoms with Gasteiger partial charge in [-0.25, -0.2) is 17.8 Å². The average molecular weight is 422 g/mol. The number of carbonyl (C=O) groups is 1. The number of anilines is 1. The van der Waals surface area contributed by atoms with Gasteiger partial charge in [-0.05, 0) is 61.0 Å². The minimum Gasteiger partial charge on any atom is -0.273 e. The largest absolute Gasteiger partial charge is 0.273 e. The maximum atomic E-state index is 13.2. The lowest BCUT2D eigenvalue weighted by Crippen LogP contribution is -2.31. The Morgan fingerprint density at radius 2 is 1.40 bits per heavy atom. The Kier molecular flexibility index (Phi) is 5.22. The van der Waals surface area contributed by atoms with Gasteiger partial charge in [0.05, 0.1) is 21.2 Å². The molecule has 5 nitrogen and oxygen atoms in total. The monoisotopic (exact) mass is 422 g/mol. The molecule has 0 fully saturated rings. The summed E-state index contributed by atoms with van der Waals surface area (Å²) in [6, 6.07) is 18.7. The van der Waals surface area contributed by atoms with Crippen LogP contribution in [0.3, 0.4) is 0 Å². The molecule has 3 aromatic rings. The van der Waals surface area contributed by atoms with Crippen molar-refractivity contribution < 1.29 is 17.6 Å². The Morgan fingerprint density at radius 1 is 0.833 bits per heavy atom. The van der Waals surface area contributed by atoms with Crippen molar-refractivity contribution in [2.24, 2.45) is 5.10 Å². The molecule has 4 rings (SSSR count). The number of hydrogen-bond donors (Lipinski definition) is 0. The van der Waals surface area contributed by atoms with E-state index in [0.29, 0.717) is 17.8 Å². The minimum absolute atomic E-state index is 0.141. The van der Waals surface area contributed by atoms with Crippen LogP contribution >= 0.6 is 0 Å².